The van der Waals surface area contributed by atoms with Crippen molar-refractivity contribution in [3.8, 4) is 6.07 Å². The van der Waals surface area contributed by atoms with E-state index in [2.05, 4.69) is 49.5 Å². The maximum absolute atomic E-state index is 13.8. The van der Waals surface area contributed by atoms with Crippen LogP contribution in [-0.2, 0) is 17.7 Å². The van der Waals surface area contributed by atoms with E-state index in [0.29, 0.717) is 46.1 Å². The molecule has 7 rings (SSSR count). The van der Waals surface area contributed by atoms with Gasteiger partial charge in [0.25, 0.3) is 0 Å². The smallest absolute Gasteiger partial charge is 0.141 e. The number of hydrogen-bond acceptors (Lipinski definition) is 10. The standard InChI is InChI=1S/C29H25Cl2FN8OS/c30-22-6-16(1-2-24(22)32)36-27-15(8-33)9-35-28-20(27)5-17(7-23(28)31)37-29(21-14-42-26-10-34-4-3-19(21)26)25-11-40(39-38-25)18-12-41-13-18/h1-2,5-7,9,11,14,18,29,34,37-39H,3-4,10,12-13H2,(H,35,36)/t29-/m0/s1. The summed E-state index contributed by atoms with van der Waals surface area (Å²) in [5.74, 6) is -0.526. The SMILES string of the molecule is N#Cc1cnc2c(Cl)cc(N[C@H](C3=CN(C4COC4)NN3)c3csc4c3CCNC4)cc2c1Nc1ccc(F)c(Cl)c1. The second kappa shape index (κ2) is 11.2. The van der Waals surface area contributed by atoms with Crippen LogP contribution in [0.3, 0.4) is 0 Å². The summed E-state index contributed by atoms with van der Waals surface area (Å²) in [6, 6.07) is 10.3. The van der Waals surface area contributed by atoms with E-state index in [1.54, 1.807) is 17.4 Å². The van der Waals surface area contributed by atoms with Crippen LogP contribution in [0.5, 0.6) is 0 Å². The van der Waals surface area contributed by atoms with Gasteiger partial charge in [-0.25, -0.2) is 4.39 Å². The molecule has 13 heteroatoms. The fraction of sp³-hybridized carbons (Fsp3) is 0.241. The van der Waals surface area contributed by atoms with Gasteiger partial charge in [0.1, 0.15) is 11.9 Å². The molecule has 5 N–H and O–H groups in total. The Kier molecular flexibility index (Phi) is 7.27. The Morgan fingerprint density at radius 3 is 2.83 bits per heavy atom. The molecule has 1 atom stereocenters. The summed E-state index contributed by atoms with van der Waals surface area (Å²) in [7, 11) is 0. The number of pyridine rings is 1. The van der Waals surface area contributed by atoms with Crippen molar-refractivity contribution >= 4 is 62.5 Å². The molecular weight excluding hydrogens is 598 g/mol. The van der Waals surface area contributed by atoms with Gasteiger partial charge in [0.15, 0.2) is 0 Å². The minimum atomic E-state index is -0.526. The van der Waals surface area contributed by atoms with Crippen molar-refractivity contribution < 1.29 is 9.13 Å². The van der Waals surface area contributed by atoms with Crippen molar-refractivity contribution in [2.24, 2.45) is 0 Å². The Balaban J connectivity index is 1.30. The lowest BCUT2D eigenvalue weighted by Crippen LogP contribution is -2.52. The fourth-order valence-corrected chi connectivity index (χ4v) is 6.91. The lowest BCUT2D eigenvalue weighted by Gasteiger charge is -2.33. The van der Waals surface area contributed by atoms with Crippen molar-refractivity contribution in [2.75, 3.05) is 30.4 Å². The highest BCUT2D eigenvalue weighted by Gasteiger charge is 2.32. The molecule has 4 aromatic rings. The number of nitrogens with zero attached hydrogens (tertiary/aromatic N) is 3. The van der Waals surface area contributed by atoms with Gasteiger partial charge in [-0.1, -0.05) is 23.2 Å². The van der Waals surface area contributed by atoms with Crippen LogP contribution >= 0.6 is 34.5 Å². The number of thiophene rings is 1. The predicted molar refractivity (Wildman–Crippen MR) is 163 cm³/mol. The second-order valence-electron chi connectivity index (χ2n) is 10.3. The first-order chi connectivity index (χ1) is 20.5. The molecule has 1 fully saturated rings. The lowest BCUT2D eigenvalue weighted by atomic mass is 9.97. The molecule has 0 bridgehead atoms. The first-order valence-electron chi connectivity index (χ1n) is 13.4. The number of nitriles is 1. The molecule has 0 amide bonds. The molecule has 3 aliphatic heterocycles. The Hall–Kier alpha value is -3.63. The molecule has 42 heavy (non-hydrogen) atoms. The molecule has 3 aliphatic rings. The molecule has 0 radical (unpaired) electrons. The van der Waals surface area contributed by atoms with Gasteiger partial charge < -0.3 is 26.1 Å². The van der Waals surface area contributed by atoms with E-state index in [1.807, 2.05) is 17.1 Å². The summed E-state index contributed by atoms with van der Waals surface area (Å²) in [4.78, 5) is 5.81. The monoisotopic (exact) mass is 622 g/mol. The number of fused-ring (bicyclic) bond motifs is 2. The van der Waals surface area contributed by atoms with Crippen molar-refractivity contribution in [2.45, 2.75) is 25.0 Å². The molecular formula is C29H25Cl2FN8OS. The van der Waals surface area contributed by atoms with E-state index in [4.69, 9.17) is 27.9 Å². The Morgan fingerprint density at radius 2 is 2.05 bits per heavy atom. The highest BCUT2D eigenvalue weighted by molar-refractivity contribution is 7.10. The Morgan fingerprint density at radius 1 is 1.19 bits per heavy atom. The van der Waals surface area contributed by atoms with Crippen LogP contribution in [0.15, 0.2) is 53.8 Å². The summed E-state index contributed by atoms with van der Waals surface area (Å²) in [5.41, 5.74) is 12.7. The van der Waals surface area contributed by atoms with Gasteiger partial charge in [0.2, 0.25) is 0 Å². The molecule has 1 saturated heterocycles. The number of benzene rings is 2. The molecule has 0 unspecified atom stereocenters. The van der Waals surface area contributed by atoms with Gasteiger partial charge >= 0.3 is 0 Å². The van der Waals surface area contributed by atoms with Crippen LogP contribution in [-0.4, -0.2) is 35.8 Å². The van der Waals surface area contributed by atoms with Gasteiger partial charge in [-0.15, -0.1) is 16.9 Å². The number of ether oxygens (including phenoxy) is 1. The Bertz CT molecular complexity index is 1770. The lowest BCUT2D eigenvalue weighted by molar-refractivity contribution is -0.0635. The van der Waals surface area contributed by atoms with E-state index in [9.17, 15) is 9.65 Å². The minimum Gasteiger partial charge on any atom is -0.377 e. The van der Waals surface area contributed by atoms with E-state index < -0.39 is 5.82 Å². The van der Waals surface area contributed by atoms with Crippen LogP contribution in [0, 0.1) is 17.1 Å². The number of rotatable bonds is 7. The van der Waals surface area contributed by atoms with Crippen LogP contribution in [0.2, 0.25) is 10.0 Å². The average molecular weight is 624 g/mol. The third-order valence-electron chi connectivity index (χ3n) is 7.64. The summed E-state index contributed by atoms with van der Waals surface area (Å²) in [5, 5.41) is 25.6. The number of aromatic nitrogens is 1. The fourth-order valence-electron chi connectivity index (χ4n) is 5.37. The van der Waals surface area contributed by atoms with E-state index in [0.717, 1.165) is 30.9 Å². The molecule has 5 heterocycles. The van der Waals surface area contributed by atoms with Crippen molar-refractivity contribution in [1.29, 1.82) is 5.26 Å². The molecule has 0 spiro atoms. The van der Waals surface area contributed by atoms with Crippen molar-refractivity contribution in [3.05, 3.63) is 91.2 Å². The van der Waals surface area contributed by atoms with Crippen LogP contribution < -0.4 is 26.9 Å². The van der Waals surface area contributed by atoms with E-state index in [1.165, 1.54) is 34.3 Å². The molecule has 2 aromatic carbocycles. The van der Waals surface area contributed by atoms with Gasteiger partial charge in [-0.2, -0.15) is 5.26 Å². The maximum atomic E-state index is 13.8. The van der Waals surface area contributed by atoms with Gasteiger partial charge in [0.05, 0.1) is 57.8 Å². The minimum absolute atomic E-state index is 0.0251. The van der Waals surface area contributed by atoms with Gasteiger partial charge in [0, 0.05) is 40.6 Å². The maximum Gasteiger partial charge on any atom is 0.141 e. The molecule has 214 valence electrons. The molecule has 2 aromatic heterocycles. The average Bonchev–Trinajstić information content (AvgIpc) is 3.61. The largest absolute Gasteiger partial charge is 0.377 e. The number of anilines is 3. The Labute approximate surface area is 255 Å². The first-order valence-corrected chi connectivity index (χ1v) is 15.0. The molecule has 0 saturated carbocycles. The third-order valence-corrected chi connectivity index (χ3v) is 9.26. The summed E-state index contributed by atoms with van der Waals surface area (Å²) in [6.45, 7) is 3.11. The summed E-state index contributed by atoms with van der Waals surface area (Å²) in [6.07, 6.45) is 4.50. The van der Waals surface area contributed by atoms with Gasteiger partial charge in [-0.3, -0.25) is 9.99 Å². The van der Waals surface area contributed by atoms with Crippen LogP contribution in [0.4, 0.5) is 21.5 Å². The normalized spacial score (nSPS) is 17.2. The topological polar surface area (TPSA) is 109 Å². The zero-order valence-corrected chi connectivity index (χ0v) is 24.4. The van der Waals surface area contributed by atoms with Crippen LogP contribution in [0.25, 0.3) is 10.9 Å². The highest BCUT2D eigenvalue weighted by Crippen LogP contribution is 2.39. The number of hydrazine groups is 2. The first kappa shape index (κ1) is 27.2. The molecule has 0 aliphatic carbocycles. The third kappa shape index (κ3) is 5.00. The quantitative estimate of drug-likeness (QED) is 0.177. The predicted octanol–water partition coefficient (Wildman–Crippen LogP) is 5.72. The summed E-state index contributed by atoms with van der Waals surface area (Å²) < 4.78 is 19.2. The van der Waals surface area contributed by atoms with Crippen LogP contribution in [0.1, 0.15) is 27.6 Å². The van der Waals surface area contributed by atoms with E-state index in [-0.39, 0.29) is 17.1 Å². The highest BCUT2D eigenvalue weighted by atomic mass is 35.5. The second-order valence-corrected chi connectivity index (χ2v) is 12.1. The van der Waals surface area contributed by atoms with Crippen molar-refractivity contribution in [1.82, 2.24) is 26.3 Å². The van der Waals surface area contributed by atoms with Crippen molar-refractivity contribution in [3.63, 3.8) is 0 Å². The zero-order chi connectivity index (χ0) is 28.8. The molecule has 9 nitrogen and oxygen atoms in total. The zero-order valence-electron chi connectivity index (χ0n) is 22.1. The number of halogens is 3. The summed E-state index contributed by atoms with van der Waals surface area (Å²) >= 11 is 14.6. The van der Waals surface area contributed by atoms with Gasteiger partial charge in [-0.05, 0) is 59.8 Å². The van der Waals surface area contributed by atoms with E-state index >= 15 is 0 Å². The number of hydrogen-bond donors (Lipinski definition) is 5. The number of nitrogens with one attached hydrogen (secondary N) is 5.